The number of carbonyl (C=O) groups excluding carboxylic acids is 1. The van der Waals surface area contributed by atoms with Gasteiger partial charge in [-0.1, -0.05) is 255 Å². The van der Waals surface area contributed by atoms with Gasteiger partial charge in [0.15, 0.2) is 0 Å². The Bertz CT molecular complexity index is 1280. The number of unbranched alkanes of at least 4 members (excludes halogenated alkanes) is 36. The van der Waals surface area contributed by atoms with Gasteiger partial charge >= 0.3 is 0 Å². The summed E-state index contributed by atoms with van der Waals surface area (Å²) >= 11 is 0. The van der Waals surface area contributed by atoms with Crippen LogP contribution in [0.1, 0.15) is 284 Å². The Balaban J connectivity index is 4.24. The first-order chi connectivity index (χ1) is 34.0. The number of phosphoric ester groups is 1. The van der Waals surface area contributed by atoms with Crippen LogP contribution in [0.5, 0.6) is 0 Å². The molecule has 0 saturated heterocycles. The molecule has 3 unspecified atom stereocenters. The Morgan fingerprint density at radius 3 is 1.16 bits per heavy atom. The van der Waals surface area contributed by atoms with Crippen LogP contribution < -0.4 is 10.2 Å². The third kappa shape index (κ3) is 54.2. The number of allylic oxidation sites excluding steroid dienone is 7. The van der Waals surface area contributed by atoms with Crippen molar-refractivity contribution in [2.45, 2.75) is 296 Å². The Labute approximate surface area is 435 Å². The van der Waals surface area contributed by atoms with Gasteiger partial charge in [0.25, 0.3) is 7.82 Å². The van der Waals surface area contributed by atoms with E-state index in [0.717, 1.165) is 44.9 Å². The highest BCUT2D eigenvalue weighted by Gasteiger charge is 2.23. The summed E-state index contributed by atoms with van der Waals surface area (Å²) < 4.78 is 23.3. The van der Waals surface area contributed by atoms with Gasteiger partial charge in [0.1, 0.15) is 13.2 Å². The van der Waals surface area contributed by atoms with Crippen LogP contribution in [0.25, 0.3) is 0 Å². The zero-order chi connectivity index (χ0) is 51.3. The fourth-order valence-corrected chi connectivity index (χ4v) is 9.49. The summed E-state index contributed by atoms with van der Waals surface area (Å²) in [5.41, 5.74) is 0. The number of quaternary nitrogens is 1. The Morgan fingerprint density at radius 2 is 0.800 bits per heavy atom. The van der Waals surface area contributed by atoms with Crippen LogP contribution in [0.15, 0.2) is 48.6 Å². The molecule has 70 heavy (non-hydrogen) atoms. The van der Waals surface area contributed by atoms with Crippen molar-refractivity contribution in [1.29, 1.82) is 0 Å². The second kappa shape index (κ2) is 52.3. The lowest BCUT2D eigenvalue weighted by atomic mass is 10.0. The van der Waals surface area contributed by atoms with Crippen LogP contribution in [-0.2, 0) is 18.4 Å². The summed E-state index contributed by atoms with van der Waals surface area (Å²) in [7, 11) is 1.24. The number of amides is 1. The van der Waals surface area contributed by atoms with Crippen LogP contribution in [-0.4, -0.2) is 68.5 Å². The molecule has 0 spiro atoms. The number of hydrogen-bond donors (Lipinski definition) is 2. The zero-order valence-corrected chi connectivity index (χ0v) is 47.9. The van der Waals surface area contributed by atoms with Crippen molar-refractivity contribution in [2.24, 2.45) is 0 Å². The maximum Gasteiger partial charge on any atom is 0.268 e. The first-order valence-electron chi connectivity index (χ1n) is 30.0. The number of phosphoric acid groups is 1. The lowest BCUT2D eigenvalue weighted by Gasteiger charge is -2.29. The minimum absolute atomic E-state index is 0.00946. The molecule has 0 aliphatic carbocycles. The molecule has 0 rings (SSSR count). The second-order valence-corrected chi connectivity index (χ2v) is 23.1. The predicted molar refractivity (Wildman–Crippen MR) is 302 cm³/mol. The normalized spacial score (nSPS) is 14.2. The SMILES string of the molecule is CCCCCCCCCCCCCC/C=C\CCCCCCCCCCCCC(=O)NC(COP(=O)([O-])OCC[N+](C)(C)C)C(O)/C=C/CC/C=C/CC/C=C/CCCCCCCCCCCCCC. The van der Waals surface area contributed by atoms with Crippen molar-refractivity contribution in [1.82, 2.24) is 5.32 Å². The topological polar surface area (TPSA) is 108 Å². The molecular formula is C61H117N2O6P. The van der Waals surface area contributed by atoms with E-state index in [1.54, 1.807) is 6.08 Å². The molecule has 0 aromatic carbocycles. The lowest BCUT2D eigenvalue weighted by Crippen LogP contribution is -2.45. The maximum atomic E-state index is 13.0. The molecule has 8 nitrogen and oxygen atoms in total. The molecule has 0 aliphatic heterocycles. The third-order valence-electron chi connectivity index (χ3n) is 13.5. The van der Waals surface area contributed by atoms with Gasteiger partial charge in [-0.15, -0.1) is 0 Å². The van der Waals surface area contributed by atoms with E-state index in [0.29, 0.717) is 17.4 Å². The number of aliphatic hydroxyl groups is 1. The van der Waals surface area contributed by atoms with Crippen LogP contribution in [0.3, 0.4) is 0 Å². The van der Waals surface area contributed by atoms with Gasteiger partial charge in [-0.05, 0) is 70.6 Å². The summed E-state index contributed by atoms with van der Waals surface area (Å²) in [6, 6.07) is -0.912. The van der Waals surface area contributed by atoms with Crippen molar-refractivity contribution >= 4 is 13.7 Å². The average molecular weight is 1010 g/mol. The molecule has 0 aliphatic rings. The monoisotopic (exact) mass is 1000 g/mol. The van der Waals surface area contributed by atoms with Gasteiger partial charge in [-0.2, -0.15) is 0 Å². The summed E-state index contributed by atoms with van der Waals surface area (Å²) in [6.07, 6.45) is 69.1. The number of aliphatic hydroxyl groups excluding tert-OH is 1. The molecule has 2 N–H and O–H groups in total. The zero-order valence-electron chi connectivity index (χ0n) is 47.0. The van der Waals surface area contributed by atoms with Crippen molar-refractivity contribution in [3.8, 4) is 0 Å². The summed E-state index contributed by atoms with van der Waals surface area (Å²) in [5, 5.41) is 13.9. The molecule has 0 fully saturated rings. The minimum atomic E-state index is -4.61. The molecule has 0 saturated carbocycles. The highest BCUT2D eigenvalue weighted by atomic mass is 31.2. The van der Waals surface area contributed by atoms with Gasteiger partial charge in [0.05, 0.1) is 39.9 Å². The average Bonchev–Trinajstić information content (AvgIpc) is 3.32. The maximum absolute atomic E-state index is 13.0. The smallest absolute Gasteiger partial charge is 0.268 e. The van der Waals surface area contributed by atoms with E-state index < -0.39 is 26.6 Å². The molecule has 0 aromatic heterocycles. The number of nitrogens with zero attached hydrogens (tertiary/aromatic N) is 1. The van der Waals surface area contributed by atoms with E-state index in [2.05, 4.69) is 55.6 Å². The number of nitrogens with one attached hydrogen (secondary N) is 1. The van der Waals surface area contributed by atoms with Crippen LogP contribution in [0, 0.1) is 0 Å². The summed E-state index contributed by atoms with van der Waals surface area (Å²) in [5.74, 6) is -0.210. The van der Waals surface area contributed by atoms with Gasteiger partial charge in [0, 0.05) is 6.42 Å². The fourth-order valence-electron chi connectivity index (χ4n) is 8.77. The first kappa shape index (κ1) is 68.5. The van der Waals surface area contributed by atoms with E-state index in [1.807, 2.05) is 27.2 Å². The third-order valence-corrected chi connectivity index (χ3v) is 14.5. The molecule has 9 heteroatoms. The van der Waals surface area contributed by atoms with E-state index >= 15 is 0 Å². The predicted octanol–water partition coefficient (Wildman–Crippen LogP) is 17.7. The highest BCUT2D eigenvalue weighted by Crippen LogP contribution is 2.38. The quantitative estimate of drug-likeness (QED) is 0.0272. The minimum Gasteiger partial charge on any atom is -0.756 e. The van der Waals surface area contributed by atoms with Crippen LogP contribution in [0.2, 0.25) is 0 Å². The van der Waals surface area contributed by atoms with Gasteiger partial charge < -0.3 is 28.8 Å². The Morgan fingerprint density at radius 1 is 0.486 bits per heavy atom. The number of likely N-dealkylation sites (N-methyl/N-ethyl adjacent to an activating group) is 1. The number of hydrogen-bond acceptors (Lipinski definition) is 6. The fraction of sp³-hybridized carbons (Fsp3) is 0.852. The number of carbonyl (C=O) groups is 1. The molecule has 3 atom stereocenters. The van der Waals surface area contributed by atoms with Crippen molar-refractivity contribution in [3.05, 3.63) is 48.6 Å². The standard InChI is InChI=1S/C61H117N2O6P/c1-6-8-10-12-14-16-18-20-22-24-26-28-30-31-32-33-35-37-39-41-43-45-47-49-51-53-55-61(65)62-59(58-69-70(66,67)68-57-56-63(3,4)5)60(64)54-52-50-48-46-44-42-40-38-36-34-29-27-25-23-21-19-17-15-13-11-9-7-2/h31-32,36,38,44,46,52,54,59-60,64H,6-30,33-35,37,39-43,45,47-51,53,55-58H2,1-5H3,(H-,62,65,66,67)/b32-31-,38-36+,46-44+,54-52+. The van der Waals surface area contributed by atoms with Crippen molar-refractivity contribution < 1.29 is 32.9 Å². The summed E-state index contributed by atoms with van der Waals surface area (Å²) in [4.78, 5) is 25.5. The molecule has 412 valence electrons. The molecule has 1 amide bonds. The summed E-state index contributed by atoms with van der Waals surface area (Å²) in [6.45, 7) is 4.65. The van der Waals surface area contributed by atoms with Gasteiger partial charge in [-0.25, -0.2) is 0 Å². The van der Waals surface area contributed by atoms with E-state index in [4.69, 9.17) is 9.05 Å². The van der Waals surface area contributed by atoms with Crippen LogP contribution in [0.4, 0.5) is 0 Å². The molecular weight excluding hydrogens is 888 g/mol. The second-order valence-electron chi connectivity index (χ2n) is 21.7. The lowest BCUT2D eigenvalue weighted by molar-refractivity contribution is -0.870. The molecule has 0 bridgehead atoms. The van der Waals surface area contributed by atoms with Crippen molar-refractivity contribution in [3.63, 3.8) is 0 Å². The Kier molecular flexibility index (Phi) is 51.2. The molecule has 0 aromatic rings. The first-order valence-corrected chi connectivity index (χ1v) is 31.5. The molecule has 0 heterocycles. The van der Waals surface area contributed by atoms with Crippen LogP contribution >= 0.6 is 7.82 Å². The van der Waals surface area contributed by atoms with E-state index in [9.17, 15) is 19.4 Å². The highest BCUT2D eigenvalue weighted by molar-refractivity contribution is 7.45. The van der Waals surface area contributed by atoms with E-state index in [1.165, 1.54) is 218 Å². The number of rotatable bonds is 55. The Hall–Kier alpha value is -1.54. The van der Waals surface area contributed by atoms with Gasteiger partial charge in [0.2, 0.25) is 5.91 Å². The molecule has 0 radical (unpaired) electrons. The van der Waals surface area contributed by atoms with E-state index in [-0.39, 0.29) is 12.5 Å². The largest absolute Gasteiger partial charge is 0.756 e. The van der Waals surface area contributed by atoms with Crippen molar-refractivity contribution in [2.75, 3.05) is 40.9 Å². The van der Waals surface area contributed by atoms with Gasteiger partial charge in [-0.3, -0.25) is 9.36 Å².